The molecule has 0 saturated heterocycles. The number of fused-ring (bicyclic) bond motifs is 6. The molecule has 292 valence electrons. The van der Waals surface area contributed by atoms with Crippen molar-refractivity contribution in [2.45, 2.75) is 38.5 Å². The number of anilines is 3. The van der Waals surface area contributed by atoms with Crippen LogP contribution in [0.3, 0.4) is 0 Å². The standard InChI is InChI=1S/C60H47N/c1-59(2)55-18-12-11-17-51(55)53-35-32-49(38-57(53)59)61(48-30-27-45(28-31-48)44-21-19-42(20-22-44)40-13-7-5-8-14-40)50-33-36-54-52-34-29-47(37-56(52)60(3,4)58(54)39-50)46-25-23-43(24-26-46)41-15-9-6-10-16-41/h5-39H,1-4H3. The summed E-state index contributed by atoms with van der Waals surface area (Å²) in [7, 11) is 0. The second kappa shape index (κ2) is 14.2. The molecule has 0 spiro atoms. The first-order chi connectivity index (χ1) is 29.7. The first-order valence-corrected chi connectivity index (χ1v) is 21.5. The summed E-state index contributed by atoms with van der Waals surface area (Å²) in [4.78, 5) is 2.46. The zero-order valence-corrected chi connectivity index (χ0v) is 35.2. The fraction of sp³-hybridized carbons (Fsp3) is 0.100. The maximum absolute atomic E-state index is 2.46. The van der Waals surface area contributed by atoms with Gasteiger partial charge in [-0.15, -0.1) is 0 Å². The molecule has 0 aromatic heterocycles. The molecule has 1 nitrogen and oxygen atoms in total. The van der Waals surface area contributed by atoms with Gasteiger partial charge in [0, 0.05) is 27.9 Å². The minimum absolute atomic E-state index is 0.107. The van der Waals surface area contributed by atoms with E-state index in [-0.39, 0.29) is 10.8 Å². The summed E-state index contributed by atoms with van der Waals surface area (Å²) >= 11 is 0. The van der Waals surface area contributed by atoms with Crippen molar-refractivity contribution in [3.05, 3.63) is 235 Å². The molecule has 0 fully saturated rings. The second-order valence-electron chi connectivity index (χ2n) is 17.8. The van der Waals surface area contributed by atoms with E-state index < -0.39 is 0 Å². The monoisotopic (exact) mass is 781 g/mol. The Morgan fingerprint density at radius 2 is 0.557 bits per heavy atom. The highest BCUT2D eigenvalue weighted by molar-refractivity contribution is 5.90. The van der Waals surface area contributed by atoms with Gasteiger partial charge in [-0.05, 0) is 131 Å². The van der Waals surface area contributed by atoms with Crippen molar-refractivity contribution in [3.8, 4) is 66.8 Å². The molecular formula is C60H47N. The number of rotatable bonds is 7. The first kappa shape index (κ1) is 36.8. The summed E-state index contributed by atoms with van der Waals surface area (Å²) in [6.07, 6.45) is 0. The summed E-state index contributed by atoms with van der Waals surface area (Å²) in [6.45, 7) is 9.51. The Labute approximate surface area is 360 Å². The van der Waals surface area contributed by atoms with E-state index in [2.05, 4.69) is 245 Å². The lowest BCUT2D eigenvalue weighted by molar-refractivity contribution is 0.660. The van der Waals surface area contributed by atoms with E-state index in [0.717, 1.165) is 17.1 Å². The summed E-state index contributed by atoms with van der Waals surface area (Å²) in [6, 6.07) is 78.4. The van der Waals surface area contributed by atoms with Crippen LogP contribution in [-0.2, 0) is 10.8 Å². The highest BCUT2D eigenvalue weighted by atomic mass is 15.1. The van der Waals surface area contributed by atoms with Crippen LogP contribution in [0.15, 0.2) is 212 Å². The Balaban J connectivity index is 0.975. The fourth-order valence-corrected chi connectivity index (χ4v) is 10.1. The molecule has 0 atom stereocenters. The van der Waals surface area contributed by atoms with Crippen molar-refractivity contribution in [3.63, 3.8) is 0 Å². The van der Waals surface area contributed by atoms with Gasteiger partial charge in [-0.2, -0.15) is 0 Å². The van der Waals surface area contributed by atoms with Crippen LogP contribution in [0.1, 0.15) is 49.9 Å². The van der Waals surface area contributed by atoms with Gasteiger partial charge in [0.2, 0.25) is 0 Å². The smallest absolute Gasteiger partial charge is 0.0465 e. The predicted octanol–water partition coefficient (Wildman–Crippen LogP) is 16.4. The van der Waals surface area contributed by atoms with Crippen molar-refractivity contribution >= 4 is 17.1 Å². The molecule has 9 aromatic rings. The van der Waals surface area contributed by atoms with Gasteiger partial charge in [0.05, 0.1) is 0 Å². The Morgan fingerprint density at radius 3 is 1.05 bits per heavy atom. The Hall–Kier alpha value is -7.22. The fourth-order valence-electron chi connectivity index (χ4n) is 10.1. The molecule has 0 bridgehead atoms. The van der Waals surface area contributed by atoms with E-state index in [4.69, 9.17) is 0 Å². The van der Waals surface area contributed by atoms with Gasteiger partial charge in [-0.25, -0.2) is 0 Å². The molecule has 0 heterocycles. The third-order valence-electron chi connectivity index (χ3n) is 13.5. The zero-order valence-electron chi connectivity index (χ0n) is 35.2. The molecular weight excluding hydrogens is 735 g/mol. The van der Waals surface area contributed by atoms with Crippen LogP contribution in [0.2, 0.25) is 0 Å². The molecule has 0 radical (unpaired) electrons. The van der Waals surface area contributed by atoms with E-state index in [1.807, 2.05) is 0 Å². The first-order valence-electron chi connectivity index (χ1n) is 21.5. The minimum Gasteiger partial charge on any atom is -0.310 e. The normalized spacial score (nSPS) is 13.8. The molecule has 9 aromatic carbocycles. The molecule has 0 amide bonds. The Kier molecular flexibility index (Phi) is 8.58. The minimum atomic E-state index is -0.191. The third-order valence-corrected chi connectivity index (χ3v) is 13.5. The van der Waals surface area contributed by atoms with Gasteiger partial charge in [0.1, 0.15) is 0 Å². The van der Waals surface area contributed by atoms with Gasteiger partial charge >= 0.3 is 0 Å². The zero-order chi connectivity index (χ0) is 41.3. The van der Waals surface area contributed by atoms with E-state index in [0.29, 0.717) is 0 Å². The van der Waals surface area contributed by atoms with Crippen molar-refractivity contribution in [1.29, 1.82) is 0 Å². The van der Waals surface area contributed by atoms with E-state index in [1.165, 1.54) is 89.0 Å². The molecule has 0 saturated carbocycles. The molecule has 1 heteroatoms. The van der Waals surface area contributed by atoms with Gasteiger partial charge in [-0.3, -0.25) is 0 Å². The number of hydrogen-bond donors (Lipinski definition) is 0. The summed E-state index contributed by atoms with van der Waals surface area (Å²) in [5.41, 5.74) is 23.8. The van der Waals surface area contributed by atoms with Gasteiger partial charge in [0.15, 0.2) is 0 Å². The average Bonchev–Trinajstić information content (AvgIpc) is 3.68. The molecule has 0 aliphatic heterocycles. The lowest BCUT2D eigenvalue weighted by Crippen LogP contribution is -2.18. The molecule has 61 heavy (non-hydrogen) atoms. The highest BCUT2D eigenvalue weighted by Gasteiger charge is 2.38. The van der Waals surface area contributed by atoms with Gasteiger partial charge in [0.25, 0.3) is 0 Å². The maximum Gasteiger partial charge on any atom is 0.0465 e. The van der Waals surface area contributed by atoms with Crippen molar-refractivity contribution in [1.82, 2.24) is 0 Å². The van der Waals surface area contributed by atoms with Gasteiger partial charge in [-0.1, -0.05) is 198 Å². The van der Waals surface area contributed by atoms with Crippen LogP contribution in [0, 0.1) is 0 Å². The third kappa shape index (κ3) is 6.15. The van der Waals surface area contributed by atoms with Crippen LogP contribution in [0.5, 0.6) is 0 Å². The predicted molar refractivity (Wildman–Crippen MR) is 258 cm³/mol. The summed E-state index contributed by atoms with van der Waals surface area (Å²) < 4.78 is 0. The maximum atomic E-state index is 2.46. The largest absolute Gasteiger partial charge is 0.310 e. The topological polar surface area (TPSA) is 3.24 Å². The van der Waals surface area contributed by atoms with E-state index in [9.17, 15) is 0 Å². The van der Waals surface area contributed by atoms with Crippen LogP contribution < -0.4 is 4.90 Å². The SMILES string of the molecule is CC1(C)c2ccccc2-c2ccc(N(c3ccc(-c4ccc(-c5ccccc5)cc4)cc3)c3ccc4c(c3)C(C)(C)c3cc(-c5ccc(-c6ccccc6)cc5)ccc3-4)cc21. The van der Waals surface area contributed by atoms with E-state index >= 15 is 0 Å². The van der Waals surface area contributed by atoms with E-state index in [1.54, 1.807) is 0 Å². The molecule has 2 aliphatic rings. The van der Waals surface area contributed by atoms with Crippen molar-refractivity contribution in [2.75, 3.05) is 4.90 Å². The summed E-state index contributed by atoms with van der Waals surface area (Å²) in [5.74, 6) is 0. The Bertz CT molecular complexity index is 3080. The quantitative estimate of drug-likeness (QED) is 0.156. The average molecular weight is 782 g/mol. The van der Waals surface area contributed by atoms with Crippen molar-refractivity contribution in [2.24, 2.45) is 0 Å². The second-order valence-corrected chi connectivity index (χ2v) is 17.8. The number of benzene rings is 9. The lowest BCUT2D eigenvalue weighted by atomic mass is 9.81. The van der Waals surface area contributed by atoms with Crippen LogP contribution in [0.25, 0.3) is 66.8 Å². The number of hydrogen-bond acceptors (Lipinski definition) is 1. The van der Waals surface area contributed by atoms with Crippen LogP contribution >= 0.6 is 0 Å². The number of nitrogens with zero attached hydrogens (tertiary/aromatic N) is 1. The highest BCUT2D eigenvalue weighted by Crippen LogP contribution is 2.53. The summed E-state index contributed by atoms with van der Waals surface area (Å²) in [5, 5.41) is 0. The molecule has 2 aliphatic carbocycles. The molecule has 0 unspecified atom stereocenters. The lowest BCUT2D eigenvalue weighted by Gasteiger charge is -2.30. The van der Waals surface area contributed by atoms with Gasteiger partial charge < -0.3 is 4.90 Å². The molecule has 0 N–H and O–H groups in total. The van der Waals surface area contributed by atoms with Crippen molar-refractivity contribution < 1.29 is 0 Å². The molecule has 11 rings (SSSR count). The Morgan fingerprint density at radius 1 is 0.246 bits per heavy atom. The van der Waals surface area contributed by atoms with Crippen LogP contribution in [-0.4, -0.2) is 0 Å². The van der Waals surface area contributed by atoms with Crippen LogP contribution in [0.4, 0.5) is 17.1 Å².